The number of nitrogens with two attached hydrogens (primary N) is 1. The molecule has 0 aliphatic carbocycles. The molecule has 88 valence electrons. The van der Waals surface area contributed by atoms with Crippen LogP contribution in [0.25, 0.3) is 0 Å². The number of thiazole rings is 1. The molecule has 0 amide bonds. The molecule has 0 radical (unpaired) electrons. The average molecular weight is 239 g/mol. The van der Waals surface area contributed by atoms with E-state index in [1.54, 1.807) is 7.11 Å². The predicted molar refractivity (Wildman–Crippen MR) is 64.2 cm³/mol. The van der Waals surface area contributed by atoms with E-state index in [9.17, 15) is 0 Å². The summed E-state index contributed by atoms with van der Waals surface area (Å²) in [4.78, 5) is 4.42. The topological polar surface area (TPSA) is 71.9 Å². The Morgan fingerprint density at radius 2 is 2.38 bits per heavy atom. The zero-order chi connectivity index (χ0) is 12.2. The Labute approximate surface area is 100 Å². The van der Waals surface area contributed by atoms with E-state index in [1.165, 1.54) is 11.3 Å². The Morgan fingerprint density at radius 3 is 2.94 bits per heavy atom. The van der Waals surface area contributed by atoms with Crippen molar-refractivity contribution in [2.75, 3.05) is 13.7 Å². The van der Waals surface area contributed by atoms with Gasteiger partial charge in [0.15, 0.2) is 0 Å². The first-order valence-electron chi connectivity index (χ1n) is 5.13. The molecule has 0 aliphatic heterocycles. The van der Waals surface area contributed by atoms with Crippen LogP contribution in [-0.2, 0) is 10.2 Å². The molecule has 0 spiro atoms. The van der Waals surface area contributed by atoms with Gasteiger partial charge in [-0.05, 0) is 20.3 Å². The van der Waals surface area contributed by atoms with E-state index >= 15 is 0 Å². The molecule has 0 bridgehead atoms. The number of methoxy groups -OCH3 is 1. The van der Waals surface area contributed by atoms with Crippen LogP contribution in [0, 0.1) is 11.3 Å². The van der Waals surface area contributed by atoms with Gasteiger partial charge in [0.2, 0.25) is 0 Å². The first-order chi connectivity index (χ1) is 7.51. The molecule has 0 aliphatic rings. The highest BCUT2D eigenvalue weighted by Crippen LogP contribution is 2.27. The van der Waals surface area contributed by atoms with Crippen LogP contribution in [0.1, 0.15) is 37.0 Å². The van der Waals surface area contributed by atoms with Gasteiger partial charge in [0, 0.05) is 19.1 Å². The van der Waals surface area contributed by atoms with Gasteiger partial charge < -0.3 is 10.5 Å². The number of hydrogen-bond donors (Lipinski definition) is 1. The number of ether oxygens (including phenoxy) is 1. The largest absolute Gasteiger partial charge is 0.385 e. The second-order valence-corrected chi connectivity index (χ2v) is 5.06. The Morgan fingerprint density at radius 1 is 1.69 bits per heavy atom. The Hall–Kier alpha value is -0.960. The maximum absolute atomic E-state index is 9.00. The third kappa shape index (κ3) is 3.01. The van der Waals surface area contributed by atoms with Gasteiger partial charge in [-0.15, -0.1) is 11.3 Å². The van der Waals surface area contributed by atoms with Crippen LogP contribution in [0.5, 0.6) is 0 Å². The van der Waals surface area contributed by atoms with Crippen molar-refractivity contribution in [1.82, 2.24) is 4.98 Å². The quantitative estimate of drug-likeness (QED) is 0.852. The van der Waals surface area contributed by atoms with Gasteiger partial charge in [0.1, 0.15) is 10.4 Å². The molecule has 1 unspecified atom stereocenters. The van der Waals surface area contributed by atoms with Crippen LogP contribution >= 0.6 is 11.3 Å². The molecule has 0 saturated carbocycles. The van der Waals surface area contributed by atoms with Gasteiger partial charge in [-0.3, -0.25) is 0 Å². The van der Waals surface area contributed by atoms with Gasteiger partial charge in [-0.25, -0.2) is 4.98 Å². The lowest BCUT2D eigenvalue weighted by atomic mass is 9.97. The van der Waals surface area contributed by atoms with Crippen molar-refractivity contribution in [3.8, 4) is 6.07 Å². The summed E-state index contributed by atoms with van der Waals surface area (Å²) in [5.41, 5.74) is 6.27. The normalized spacial score (nSPS) is 13.4. The van der Waals surface area contributed by atoms with Gasteiger partial charge in [0.25, 0.3) is 0 Å². The molecule has 1 aromatic rings. The minimum absolute atomic E-state index is 0.112. The third-order valence-electron chi connectivity index (χ3n) is 2.35. The second kappa shape index (κ2) is 5.39. The minimum Gasteiger partial charge on any atom is -0.385 e. The molecule has 4 nitrogen and oxygen atoms in total. The third-order valence-corrected chi connectivity index (χ3v) is 3.53. The first kappa shape index (κ1) is 13.1. The van der Waals surface area contributed by atoms with Crippen LogP contribution in [0.15, 0.2) is 5.38 Å². The highest BCUT2D eigenvalue weighted by Gasteiger charge is 2.24. The van der Waals surface area contributed by atoms with E-state index in [0.717, 1.165) is 17.1 Å². The van der Waals surface area contributed by atoms with E-state index in [2.05, 4.69) is 11.1 Å². The number of nitrogens with zero attached hydrogens (tertiary/aromatic N) is 2. The summed E-state index contributed by atoms with van der Waals surface area (Å²) in [6.45, 7) is 4.34. The molecular formula is C11H17N3OS. The fourth-order valence-electron chi connectivity index (χ4n) is 1.18. The molecule has 1 atom stereocenters. The highest BCUT2D eigenvalue weighted by molar-refractivity contribution is 7.09. The lowest BCUT2D eigenvalue weighted by Gasteiger charge is -2.11. The van der Waals surface area contributed by atoms with Crippen molar-refractivity contribution in [1.29, 1.82) is 5.26 Å². The minimum atomic E-state index is -0.538. The summed E-state index contributed by atoms with van der Waals surface area (Å²) < 4.78 is 4.97. The molecule has 0 fully saturated rings. The van der Waals surface area contributed by atoms with Crippen molar-refractivity contribution in [3.63, 3.8) is 0 Å². The Kier molecular flexibility index (Phi) is 4.42. The Bertz CT molecular complexity index is 381. The molecule has 1 heterocycles. The highest BCUT2D eigenvalue weighted by atomic mass is 32.1. The van der Waals surface area contributed by atoms with Gasteiger partial charge in [-0.2, -0.15) is 5.26 Å². The summed E-state index contributed by atoms with van der Waals surface area (Å²) >= 11 is 1.49. The van der Waals surface area contributed by atoms with Crippen LogP contribution in [-0.4, -0.2) is 18.7 Å². The lowest BCUT2D eigenvalue weighted by Crippen LogP contribution is -2.16. The summed E-state index contributed by atoms with van der Waals surface area (Å²) in [5, 5.41) is 11.7. The summed E-state index contributed by atoms with van der Waals surface area (Å²) in [6, 6.07) is 2.12. The van der Waals surface area contributed by atoms with Gasteiger partial charge in [0.05, 0.1) is 17.8 Å². The molecule has 0 aromatic carbocycles. The van der Waals surface area contributed by atoms with Crippen LogP contribution in [0.2, 0.25) is 0 Å². The molecule has 1 rings (SSSR count). The van der Waals surface area contributed by atoms with Crippen molar-refractivity contribution < 1.29 is 4.74 Å². The molecular weight excluding hydrogens is 222 g/mol. The van der Waals surface area contributed by atoms with Crippen molar-refractivity contribution in [2.45, 2.75) is 31.7 Å². The fourth-order valence-corrected chi connectivity index (χ4v) is 2.14. The zero-order valence-corrected chi connectivity index (χ0v) is 10.7. The van der Waals surface area contributed by atoms with E-state index in [1.807, 2.05) is 19.2 Å². The number of aromatic nitrogens is 1. The Balaban J connectivity index is 2.76. The number of hydrogen-bond acceptors (Lipinski definition) is 5. The smallest absolute Gasteiger partial charge is 0.113 e. The molecule has 16 heavy (non-hydrogen) atoms. The summed E-state index contributed by atoms with van der Waals surface area (Å²) in [5.74, 6) is 0. The van der Waals surface area contributed by atoms with Crippen LogP contribution < -0.4 is 5.73 Å². The monoisotopic (exact) mass is 239 g/mol. The maximum Gasteiger partial charge on any atom is 0.113 e. The van der Waals surface area contributed by atoms with Crippen molar-refractivity contribution >= 4 is 11.3 Å². The molecule has 5 heteroatoms. The first-order valence-corrected chi connectivity index (χ1v) is 6.01. The van der Waals surface area contributed by atoms with Crippen molar-refractivity contribution in [3.05, 3.63) is 16.1 Å². The molecule has 1 aromatic heterocycles. The van der Waals surface area contributed by atoms with Crippen LogP contribution in [0.3, 0.4) is 0 Å². The SMILES string of the molecule is COCCC(N)c1csc(C(C)(C)C#N)n1. The zero-order valence-electron chi connectivity index (χ0n) is 9.86. The summed E-state index contributed by atoms with van der Waals surface area (Å²) in [6.07, 6.45) is 0.743. The molecule has 0 saturated heterocycles. The number of rotatable bonds is 5. The van der Waals surface area contributed by atoms with Crippen LogP contribution in [0.4, 0.5) is 0 Å². The average Bonchev–Trinajstić information content (AvgIpc) is 2.75. The van der Waals surface area contributed by atoms with Crippen molar-refractivity contribution in [2.24, 2.45) is 5.73 Å². The number of nitriles is 1. The lowest BCUT2D eigenvalue weighted by molar-refractivity contribution is 0.187. The second-order valence-electron chi connectivity index (χ2n) is 4.20. The van der Waals surface area contributed by atoms with Gasteiger partial charge >= 0.3 is 0 Å². The van der Waals surface area contributed by atoms with E-state index in [4.69, 9.17) is 15.7 Å². The van der Waals surface area contributed by atoms with E-state index in [-0.39, 0.29) is 6.04 Å². The van der Waals surface area contributed by atoms with Gasteiger partial charge in [-0.1, -0.05) is 0 Å². The fraction of sp³-hybridized carbons (Fsp3) is 0.636. The van der Waals surface area contributed by atoms with E-state index < -0.39 is 5.41 Å². The summed E-state index contributed by atoms with van der Waals surface area (Å²) in [7, 11) is 1.65. The molecule has 2 N–H and O–H groups in total. The standard InChI is InChI=1S/C11H17N3OS/c1-11(2,7-12)10-14-9(6-16-10)8(13)4-5-15-3/h6,8H,4-5,13H2,1-3H3. The maximum atomic E-state index is 9.00. The predicted octanol–water partition coefficient (Wildman–Crippen LogP) is 1.98. The van der Waals surface area contributed by atoms with E-state index in [0.29, 0.717) is 6.61 Å².